The lowest BCUT2D eigenvalue weighted by atomic mass is 9.84. The van der Waals surface area contributed by atoms with Gasteiger partial charge in [0.1, 0.15) is 11.6 Å². The third-order valence-electron chi connectivity index (χ3n) is 6.01. The van der Waals surface area contributed by atoms with Crippen molar-refractivity contribution < 1.29 is 41.7 Å². The fraction of sp³-hybridized carbons (Fsp3) is 0.391. The number of carbonyl (C=O) groups excluding carboxylic acids is 1. The number of amides is 1. The van der Waals surface area contributed by atoms with Crippen LogP contribution < -0.4 is 15.4 Å². The standard InChI is InChI=1S/C23H22F4N6O5S/c1-37-18(15-9-14(6-7-16(15)24)38-23(25,26)27)19(34)30-22-33-32-21(39-22)29-13-4-2-11(3-5-13)17-8-12(20(35)36)10-28-31-17/h6-11,13,18H,2-5H2,1H3,(H,29,32)(H,35,36)(H,30,33,34)/t11?,13?,18-/m0/s1. The maximum atomic E-state index is 14.3. The van der Waals surface area contributed by atoms with Crippen LogP contribution in [-0.2, 0) is 9.53 Å². The highest BCUT2D eigenvalue weighted by Gasteiger charge is 2.33. The SMILES string of the molecule is CO[C@H](C(=O)Nc1nnc(NC2CCC(c3cc(C(=O)O)cnn3)CC2)s1)c1cc(OC(F)(F)F)ccc1F. The van der Waals surface area contributed by atoms with Crippen molar-refractivity contribution in [2.75, 3.05) is 17.7 Å². The summed E-state index contributed by atoms with van der Waals surface area (Å²) in [5.74, 6) is -3.51. The number of nitrogens with one attached hydrogen (secondary N) is 2. The number of carboxylic acids is 1. The van der Waals surface area contributed by atoms with Crippen molar-refractivity contribution in [1.29, 1.82) is 0 Å². The van der Waals surface area contributed by atoms with Crippen molar-refractivity contribution in [2.45, 2.75) is 50.1 Å². The molecular formula is C23H22F4N6O5S. The smallest absolute Gasteiger partial charge is 0.478 e. The van der Waals surface area contributed by atoms with E-state index in [1.807, 2.05) is 0 Å². The van der Waals surface area contributed by atoms with E-state index < -0.39 is 41.5 Å². The van der Waals surface area contributed by atoms with Crippen molar-refractivity contribution >= 4 is 33.5 Å². The maximum Gasteiger partial charge on any atom is 0.573 e. The van der Waals surface area contributed by atoms with Gasteiger partial charge in [0.2, 0.25) is 10.3 Å². The molecule has 0 bridgehead atoms. The molecule has 0 saturated heterocycles. The Bertz CT molecular complexity index is 1330. The summed E-state index contributed by atoms with van der Waals surface area (Å²) in [5, 5.41) is 31.0. The molecule has 0 radical (unpaired) electrons. The first-order valence-corrected chi connectivity index (χ1v) is 12.4. The number of hydrogen-bond acceptors (Lipinski definition) is 10. The molecule has 4 rings (SSSR count). The summed E-state index contributed by atoms with van der Waals surface area (Å²) in [6.45, 7) is 0. The number of rotatable bonds is 9. The van der Waals surface area contributed by atoms with Crippen molar-refractivity contribution in [3.63, 3.8) is 0 Å². The van der Waals surface area contributed by atoms with Gasteiger partial charge in [0.05, 0.1) is 17.5 Å². The minimum absolute atomic E-state index is 0.0468. The molecule has 1 saturated carbocycles. The molecule has 3 N–H and O–H groups in total. The van der Waals surface area contributed by atoms with Gasteiger partial charge in [-0.2, -0.15) is 10.2 Å². The molecule has 16 heteroatoms. The Kier molecular flexibility index (Phi) is 8.54. The number of carboxylic acid groups (broad SMARTS) is 1. The van der Waals surface area contributed by atoms with E-state index in [0.29, 0.717) is 10.8 Å². The highest BCUT2D eigenvalue weighted by molar-refractivity contribution is 7.19. The molecule has 1 aliphatic rings. The number of aromatic carboxylic acids is 1. The van der Waals surface area contributed by atoms with Gasteiger partial charge in [-0.05, 0) is 49.9 Å². The van der Waals surface area contributed by atoms with Crippen LogP contribution in [0.2, 0.25) is 0 Å². The van der Waals surface area contributed by atoms with E-state index in [0.717, 1.165) is 62.3 Å². The van der Waals surface area contributed by atoms with Gasteiger partial charge < -0.3 is 19.9 Å². The van der Waals surface area contributed by atoms with Crippen LogP contribution in [0.3, 0.4) is 0 Å². The number of methoxy groups -OCH3 is 1. The molecule has 1 aromatic carbocycles. The zero-order valence-corrected chi connectivity index (χ0v) is 21.1. The zero-order valence-electron chi connectivity index (χ0n) is 20.2. The van der Waals surface area contributed by atoms with E-state index in [4.69, 9.17) is 9.84 Å². The van der Waals surface area contributed by atoms with Crippen molar-refractivity contribution in [1.82, 2.24) is 20.4 Å². The maximum absolute atomic E-state index is 14.3. The third-order valence-corrected chi connectivity index (χ3v) is 6.78. The van der Waals surface area contributed by atoms with Crippen molar-refractivity contribution in [2.24, 2.45) is 0 Å². The Labute approximate surface area is 222 Å². The lowest BCUT2D eigenvalue weighted by Crippen LogP contribution is -2.25. The first-order valence-electron chi connectivity index (χ1n) is 11.6. The second kappa shape index (κ2) is 11.9. The number of benzene rings is 1. The number of nitrogens with zero attached hydrogens (tertiary/aromatic N) is 4. The highest BCUT2D eigenvalue weighted by atomic mass is 32.1. The first-order chi connectivity index (χ1) is 18.5. The second-order valence-corrected chi connectivity index (χ2v) is 9.59. The Morgan fingerprint density at radius 1 is 1.10 bits per heavy atom. The van der Waals surface area contributed by atoms with Gasteiger partial charge in [0, 0.05) is 24.6 Å². The topological polar surface area (TPSA) is 148 Å². The van der Waals surface area contributed by atoms with E-state index in [2.05, 4.69) is 35.8 Å². The number of aromatic nitrogens is 4. The summed E-state index contributed by atoms with van der Waals surface area (Å²) < 4.78 is 60.8. The molecule has 39 heavy (non-hydrogen) atoms. The van der Waals surface area contributed by atoms with Gasteiger partial charge in [-0.25, -0.2) is 9.18 Å². The average Bonchev–Trinajstić information content (AvgIpc) is 3.32. The molecule has 0 spiro atoms. The minimum Gasteiger partial charge on any atom is -0.478 e. The Morgan fingerprint density at radius 3 is 2.49 bits per heavy atom. The van der Waals surface area contributed by atoms with E-state index in [1.54, 1.807) is 0 Å². The van der Waals surface area contributed by atoms with Gasteiger partial charge in [0.25, 0.3) is 5.91 Å². The predicted octanol–water partition coefficient (Wildman–Crippen LogP) is 4.53. The van der Waals surface area contributed by atoms with Crippen LogP contribution in [-0.4, -0.2) is 56.9 Å². The van der Waals surface area contributed by atoms with Gasteiger partial charge in [-0.15, -0.1) is 23.4 Å². The molecule has 3 aromatic rings. The molecule has 1 fully saturated rings. The van der Waals surface area contributed by atoms with Crippen LogP contribution in [0.5, 0.6) is 5.75 Å². The van der Waals surface area contributed by atoms with Gasteiger partial charge in [0.15, 0.2) is 6.10 Å². The van der Waals surface area contributed by atoms with Crippen LogP contribution in [0.4, 0.5) is 27.8 Å². The van der Waals surface area contributed by atoms with Gasteiger partial charge in [-0.1, -0.05) is 11.3 Å². The largest absolute Gasteiger partial charge is 0.573 e. The lowest BCUT2D eigenvalue weighted by Gasteiger charge is -2.28. The van der Waals surface area contributed by atoms with E-state index in [9.17, 15) is 27.2 Å². The average molecular weight is 571 g/mol. The number of carbonyl (C=O) groups is 2. The normalized spacial score (nSPS) is 18.3. The summed E-state index contributed by atoms with van der Waals surface area (Å²) in [6.07, 6.45) is -2.39. The lowest BCUT2D eigenvalue weighted by molar-refractivity contribution is -0.274. The minimum atomic E-state index is -4.99. The second-order valence-electron chi connectivity index (χ2n) is 8.62. The van der Waals surface area contributed by atoms with Gasteiger partial charge in [-0.3, -0.25) is 10.1 Å². The summed E-state index contributed by atoms with van der Waals surface area (Å²) in [7, 11) is 1.11. The van der Waals surface area contributed by atoms with Crippen LogP contribution in [0.1, 0.15) is 59.3 Å². The predicted molar refractivity (Wildman–Crippen MR) is 129 cm³/mol. The van der Waals surface area contributed by atoms with E-state index in [1.165, 1.54) is 12.3 Å². The Hall–Kier alpha value is -3.92. The summed E-state index contributed by atoms with van der Waals surface area (Å²) in [6, 6.07) is 3.85. The van der Waals surface area contributed by atoms with Crippen molar-refractivity contribution in [3.05, 3.63) is 53.1 Å². The number of hydrogen-bond donors (Lipinski definition) is 3. The quantitative estimate of drug-likeness (QED) is 0.313. The zero-order chi connectivity index (χ0) is 28.2. The monoisotopic (exact) mass is 570 g/mol. The highest BCUT2D eigenvalue weighted by Crippen LogP contribution is 2.34. The van der Waals surface area contributed by atoms with Crippen molar-refractivity contribution in [3.8, 4) is 5.75 Å². The molecule has 0 aliphatic heterocycles. The van der Waals surface area contributed by atoms with Crippen LogP contribution in [0.15, 0.2) is 30.5 Å². The first kappa shape index (κ1) is 28.1. The van der Waals surface area contributed by atoms with E-state index >= 15 is 0 Å². The summed E-state index contributed by atoms with van der Waals surface area (Å²) in [4.78, 5) is 23.9. The Balaban J connectivity index is 1.34. The molecule has 1 atom stereocenters. The fourth-order valence-electron chi connectivity index (χ4n) is 4.21. The Morgan fingerprint density at radius 2 is 1.82 bits per heavy atom. The van der Waals surface area contributed by atoms with Gasteiger partial charge >= 0.3 is 12.3 Å². The third kappa shape index (κ3) is 7.35. The van der Waals surface area contributed by atoms with Crippen LogP contribution in [0.25, 0.3) is 0 Å². The molecule has 2 aromatic heterocycles. The number of ether oxygens (including phenoxy) is 2. The summed E-state index contributed by atoms with van der Waals surface area (Å²) in [5.41, 5.74) is 0.272. The number of anilines is 2. The molecule has 0 unspecified atom stereocenters. The molecule has 2 heterocycles. The number of alkyl halides is 3. The molecule has 11 nitrogen and oxygen atoms in total. The summed E-state index contributed by atoms with van der Waals surface area (Å²) >= 11 is 1.02. The van der Waals surface area contributed by atoms with Crippen LogP contribution in [0, 0.1) is 5.82 Å². The fourth-order valence-corrected chi connectivity index (χ4v) is 4.93. The van der Waals surface area contributed by atoms with E-state index in [-0.39, 0.29) is 22.7 Å². The number of halogens is 4. The molecule has 1 aliphatic carbocycles. The van der Waals surface area contributed by atoms with Crippen LogP contribution >= 0.6 is 11.3 Å². The molecule has 1 amide bonds. The molecular weight excluding hydrogens is 548 g/mol. The molecule has 208 valence electrons.